The predicted molar refractivity (Wildman–Crippen MR) is 105 cm³/mol. The van der Waals surface area contributed by atoms with Crippen molar-refractivity contribution < 1.29 is 74.7 Å². The largest absolute Gasteiger partial charge is 0.394 e. The third-order valence-corrected chi connectivity index (χ3v) is 6.55. The highest BCUT2D eigenvalue weighted by Gasteiger charge is 2.61. The second kappa shape index (κ2) is 10.8. The summed E-state index contributed by atoms with van der Waals surface area (Å²) in [5.74, 6) is -4.28. The molecule has 3 rings (SSSR count). The quantitative estimate of drug-likeness (QED) is 0.141. The molecule has 0 aromatic heterocycles. The van der Waals surface area contributed by atoms with Crippen molar-refractivity contribution in [1.82, 2.24) is 0 Å². The van der Waals surface area contributed by atoms with Gasteiger partial charge in [-0.2, -0.15) is 0 Å². The minimum absolute atomic E-state index is 0.0556. The van der Waals surface area contributed by atoms with Gasteiger partial charge in [0.1, 0.15) is 67.6 Å². The first-order valence-corrected chi connectivity index (χ1v) is 10.9. The average molecular weight is 502 g/mol. The van der Waals surface area contributed by atoms with Crippen LogP contribution in [0.4, 0.5) is 0 Å². The summed E-state index contributed by atoms with van der Waals surface area (Å²) >= 11 is 0. The maximum atomic E-state index is 10.7. The molecule has 200 valence electrons. The highest BCUT2D eigenvalue weighted by atomic mass is 16.8. The topological polar surface area (TPSA) is 248 Å². The summed E-state index contributed by atoms with van der Waals surface area (Å²) < 4.78 is 27.6. The van der Waals surface area contributed by atoms with Crippen LogP contribution >= 0.6 is 0 Å². The van der Waals surface area contributed by atoms with Gasteiger partial charge in [-0.25, -0.2) is 0 Å². The molecule has 34 heavy (non-hydrogen) atoms. The molecule has 0 bridgehead atoms. The van der Waals surface area contributed by atoms with E-state index in [4.69, 9.17) is 23.7 Å². The summed E-state index contributed by atoms with van der Waals surface area (Å²) in [6.07, 6.45) is -18.0. The standard InChI is InChI=1S/C19H34O15/c1-2-18(15(28)11(24)8(4-21)32-18)30-6-19(16(29)12(25)9(5-22)33-19)34-17-14(27)13(26)10(23)7(3-20)31-17/h7-17,20-29H,2-6H2,1H3/t7?,8-,9-,10-,11?,12?,13+,14?,15-,16-,17-,18-,19+/m1/s1. The Morgan fingerprint density at radius 3 is 1.62 bits per heavy atom. The molecule has 0 aromatic rings. The van der Waals surface area contributed by atoms with Crippen molar-refractivity contribution in [2.75, 3.05) is 26.4 Å². The summed E-state index contributed by atoms with van der Waals surface area (Å²) in [5.41, 5.74) is 0. The molecule has 15 nitrogen and oxygen atoms in total. The number of rotatable bonds is 9. The van der Waals surface area contributed by atoms with E-state index in [1.54, 1.807) is 0 Å². The van der Waals surface area contributed by atoms with Crippen LogP contribution in [0.3, 0.4) is 0 Å². The third kappa shape index (κ3) is 4.72. The lowest BCUT2D eigenvalue weighted by molar-refractivity contribution is -0.398. The minimum Gasteiger partial charge on any atom is -0.394 e. The summed E-state index contributed by atoms with van der Waals surface area (Å²) in [6.45, 7) is -1.45. The van der Waals surface area contributed by atoms with E-state index in [1.807, 2.05) is 0 Å². The van der Waals surface area contributed by atoms with Gasteiger partial charge in [-0.1, -0.05) is 6.92 Å². The van der Waals surface area contributed by atoms with Gasteiger partial charge in [-0.3, -0.25) is 0 Å². The highest BCUT2D eigenvalue weighted by molar-refractivity contribution is 5.01. The van der Waals surface area contributed by atoms with E-state index < -0.39 is 105 Å². The fourth-order valence-electron chi connectivity index (χ4n) is 4.36. The van der Waals surface area contributed by atoms with Gasteiger partial charge in [0.15, 0.2) is 12.1 Å². The molecule has 0 radical (unpaired) electrons. The smallest absolute Gasteiger partial charge is 0.224 e. The molecule has 3 heterocycles. The van der Waals surface area contributed by atoms with Crippen LogP contribution in [-0.4, -0.2) is 156 Å². The second-order valence-electron chi connectivity index (χ2n) is 8.63. The van der Waals surface area contributed by atoms with Crippen LogP contribution in [0.1, 0.15) is 13.3 Å². The van der Waals surface area contributed by atoms with E-state index in [1.165, 1.54) is 6.92 Å². The van der Waals surface area contributed by atoms with Crippen molar-refractivity contribution in [3.8, 4) is 0 Å². The molecule has 3 saturated heterocycles. The molecule has 0 aromatic carbocycles. The van der Waals surface area contributed by atoms with E-state index in [0.717, 1.165) is 0 Å². The van der Waals surface area contributed by atoms with Gasteiger partial charge in [-0.15, -0.1) is 0 Å². The van der Waals surface area contributed by atoms with Crippen molar-refractivity contribution in [2.24, 2.45) is 0 Å². The number of aliphatic hydroxyl groups excluding tert-OH is 10. The van der Waals surface area contributed by atoms with Gasteiger partial charge >= 0.3 is 0 Å². The van der Waals surface area contributed by atoms with Gasteiger partial charge in [0, 0.05) is 6.42 Å². The maximum Gasteiger partial charge on any atom is 0.224 e. The normalized spacial score (nSPS) is 51.8. The van der Waals surface area contributed by atoms with Crippen LogP contribution in [0.5, 0.6) is 0 Å². The number of ether oxygens (including phenoxy) is 5. The van der Waals surface area contributed by atoms with E-state index in [0.29, 0.717) is 0 Å². The zero-order chi connectivity index (χ0) is 25.4. The Bertz CT molecular complexity index is 668. The molecule has 0 spiro atoms. The van der Waals surface area contributed by atoms with Crippen molar-refractivity contribution in [2.45, 2.75) is 92.2 Å². The Morgan fingerprint density at radius 2 is 1.15 bits per heavy atom. The summed E-state index contributed by atoms with van der Waals surface area (Å²) in [7, 11) is 0. The first kappa shape index (κ1) is 28.0. The van der Waals surface area contributed by atoms with Gasteiger partial charge in [0.2, 0.25) is 5.79 Å². The lowest BCUT2D eigenvalue weighted by atomic mass is 9.99. The van der Waals surface area contributed by atoms with Gasteiger partial charge in [0.05, 0.1) is 19.8 Å². The fraction of sp³-hybridized carbons (Fsp3) is 1.00. The lowest BCUT2D eigenvalue weighted by Gasteiger charge is -2.44. The molecule has 3 aliphatic rings. The summed E-state index contributed by atoms with van der Waals surface area (Å²) in [4.78, 5) is 0. The summed E-state index contributed by atoms with van der Waals surface area (Å²) in [5, 5.41) is 100. The first-order chi connectivity index (χ1) is 16.0. The molecular weight excluding hydrogens is 468 g/mol. The van der Waals surface area contributed by atoms with E-state index in [-0.39, 0.29) is 6.42 Å². The Morgan fingerprint density at radius 1 is 0.647 bits per heavy atom. The Hall–Kier alpha value is -0.600. The molecular formula is C19H34O15. The molecule has 10 N–H and O–H groups in total. The van der Waals surface area contributed by atoms with Crippen LogP contribution in [0, 0.1) is 0 Å². The van der Waals surface area contributed by atoms with Crippen molar-refractivity contribution in [3.05, 3.63) is 0 Å². The van der Waals surface area contributed by atoms with E-state index >= 15 is 0 Å². The average Bonchev–Trinajstić information content (AvgIpc) is 3.23. The molecule has 3 aliphatic heterocycles. The highest BCUT2D eigenvalue weighted by Crippen LogP contribution is 2.40. The van der Waals surface area contributed by atoms with Crippen molar-refractivity contribution in [3.63, 3.8) is 0 Å². The van der Waals surface area contributed by atoms with Gasteiger partial charge < -0.3 is 74.7 Å². The monoisotopic (exact) mass is 502 g/mol. The van der Waals surface area contributed by atoms with Gasteiger partial charge in [0.25, 0.3) is 0 Å². The van der Waals surface area contributed by atoms with Crippen molar-refractivity contribution in [1.29, 1.82) is 0 Å². The fourth-order valence-corrected chi connectivity index (χ4v) is 4.36. The maximum absolute atomic E-state index is 10.7. The minimum atomic E-state index is -2.38. The van der Waals surface area contributed by atoms with E-state index in [2.05, 4.69) is 0 Å². The molecule has 13 atom stereocenters. The molecule has 3 fully saturated rings. The predicted octanol–water partition coefficient (Wildman–Crippen LogP) is -6.15. The molecule has 0 saturated carbocycles. The zero-order valence-corrected chi connectivity index (χ0v) is 18.4. The van der Waals surface area contributed by atoms with E-state index in [9.17, 15) is 51.1 Å². The number of hydrogen-bond donors (Lipinski definition) is 10. The van der Waals surface area contributed by atoms with Gasteiger partial charge in [-0.05, 0) is 0 Å². The van der Waals surface area contributed by atoms with Crippen LogP contribution in [0.2, 0.25) is 0 Å². The van der Waals surface area contributed by atoms with Crippen LogP contribution in [-0.2, 0) is 23.7 Å². The Kier molecular flexibility index (Phi) is 8.88. The SMILES string of the molecule is CC[C@@]1(OC[C@@]2(O[C@H]3OC(CO)[C@@H](O)[C@H](O)C3O)O[C@H](CO)C(O)[C@H]2O)O[C@H](CO)C(O)[C@H]1O. The number of aliphatic hydroxyl groups is 10. The van der Waals surface area contributed by atoms with Crippen molar-refractivity contribution >= 4 is 0 Å². The Balaban J connectivity index is 1.87. The molecule has 4 unspecified atom stereocenters. The lowest BCUT2D eigenvalue weighted by Crippen LogP contribution is -2.63. The summed E-state index contributed by atoms with van der Waals surface area (Å²) in [6, 6.07) is 0. The molecule has 0 amide bonds. The second-order valence-corrected chi connectivity index (χ2v) is 8.63. The number of hydrogen-bond acceptors (Lipinski definition) is 15. The molecule has 15 heteroatoms. The first-order valence-electron chi connectivity index (χ1n) is 10.9. The Labute approximate surface area is 194 Å². The zero-order valence-electron chi connectivity index (χ0n) is 18.4. The third-order valence-electron chi connectivity index (χ3n) is 6.55. The van der Waals surface area contributed by atoms with Crippen LogP contribution < -0.4 is 0 Å². The van der Waals surface area contributed by atoms with Crippen LogP contribution in [0.25, 0.3) is 0 Å². The van der Waals surface area contributed by atoms with Crippen LogP contribution in [0.15, 0.2) is 0 Å². The molecule has 0 aliphatic carbocycles.